The number of amides is 2. The summed E-state index contributed by atoms with van der Waals surface area (Å²) in [6.45, 7) is 1.67. The third kappa shape index (κ3) is 3.88. The molecule has 0 saturated heterocycles. The van der Waals surface area contributed by atoms with Crippen LogP contribution in [0.1, 0.15) is 33.2 Å². The van der Waals surface area contributed by atoms with Crippen molar-refractivity contribution >= 4 is 32.7 Å². The van der Waals surface area contributed by atoms with Crippen LogP contribution in [0, 0.1) is 6.92 Å². The van der Waals surface area contributed by atoms with Gasteiger partial charge in [-0.05, 0) is 36.8 Å². The Hall–Kier alpha value is -3.95. The summed E-state index contributed by atoms with van der Waals surface area (Å²) in [5, 5.41) is 0.997. The maximum Gasteiger partial charge on any atom is 0.257 e. The van der Waals surface area contributed by atoms with Crippen LogP contribution in [0.2, 0.25) is 0 Å². The number of fused-ring (bicyclic) bond motifs is 2. The third-order valence-electron chi connectivity index (χ3n) is 6.47. The molecule has 1 aromatic heterocycles. The van der Waals surface area contributed by atoms with E-state index in [2.05, 4.69) is 14.8 Å². The lowest BCUT2D eigenvalue weighted by atomic mass is 9.95. The first kappa shape index (κ1) is 22.8. The van der Waals surface area contributed by atoms with Gasteiger partial charge in [0.05, 0.1) is 10.9 Å². The molecule has 0 spiro atoms. The van der Waals surface area contributed by atoms with Gasteiger partial charge < -0.3 is 9.47 Å². The first-order chi connectivity index (χ1) is 16.8. The largest absolute Gasteiger partial charge is 0.348 e. The molecule has 35 heavy (non-hydrogen) atoms. The predicted octanol–water partition coefficient (Wildman–Crippen LogP) is 3.04. The van der Waals surface area contributed by atoms with Crippen LogP contribution < -0.4 is 10.3 Å². The van der Waals surface area contributed by atoms with Gasteiger partial charge in [0, 0.05) is 34.8 Å². The van der Waals surface area contributed by atoms with Gasteiger partial charge in [0.15, 0.2) is 0 Å². The Bertz CT molecular complexity index is 1560. The molecule has 5 rings (SSSR count). The summed E-state index contributed by atoms with van der Waals surface area (Å²) < 4.78 is 27.0. The van der Waals surface area contributed by atoms with Crippen molar-refractivity contribution in [2.75, 3.05) is 6.54 Å². The molecule has 0 radical (unpaired) electrons. The number of carbonyl (C=O) groups is 2. The van der Waals surface area contributed by atoms with Crippen LogP contribution in [-0.4, -0.2) is 36.2 Å². The average Bonchev–Trinajstić information content (AvgIpc) is 3.28. The van der Waals surface area contributed by atoms with Crippen molar-refractivity contribution in [1.29, 1.82) is 0 Å². The van der Waals surface area contributed by atoms with E-state index in [1.165, 1.54) is 17.0 Å². The number of sulfonamides is 1. The number of hydrazine groups is 1. The Morgan fingerprint density at radius 1 is 0.943 bits per heavy atom. The van der Waals surface area contributed by atoms with E-state index in [-0.39, 0.29) is 17.3 Å². The van der Waals surface area contributed by atoms with Crippen molar-refractivity contribution in [2.24, 2.45) is 7.05 Å². The summed E-state index contributed by atoms with van der Waals surface area (Å²) in [4.78, 5) is 29.9. The SMILES string of the molecule is Cc1c([C@H]2c3ccccc3C(=O)N2CC(=O)NNS(=O)(=O)c2ccccc2)c2ccccc2n1C. The quantitative estimate of drug-likeness (QED) is 0.408. The van der Waals surface area contributed by atoms with Crippen LogP contribution in [0.25, 0.3) is 10.9 Å². The Labute approximate surface area is 203 Å². The smallest absolute Gasteiger partial charge is 0.257 e. The Kier molecular flexibility index (Phi) is 5.66. The molecule has 1 atom stereocenters. The molecule has 0 unspecified atom stereocenters. The third-order valence-corrected chi connectivity index (χ3v) is 7.74. The van der Waals surface area contributed by atoms with Gasteiger partial charge in [-0.1, -0.05) is 54.6 Å². The van der Waals surface area contributed by atoms with E-state index in [0.29, 0.717) is 5.56 Å². The highest BCUT2D eigenvalue weighted by molar-refractivity contribution is 7.89. The summed E-state index contributed by atoms with van der Waals surface area (Å²) in [6, 6.07) is 22.5. The van der Waals surface area contributed by atoms with Crippen LogP contribution >= 0.6 is 0 Å². The van der Waals surface area contributed by atoms with Gasteiger partial charge in [-0.25, -0.2) is 8.42 Å². The van der Waals surface area contributed by atoms with E-state index in [0.717, 1.165) is 27.7 Å². The topological polar surface area (TPSA) is 101 Å². The molecule has 2 amide bonds. The van der Waals surface area contributed by atoms with Gasteiger partial charge in [0.1, 0.15) is 6.54 Å². The number of carbonyl (C=O) groups excluding carboxylic acids is 2. The summed E-state index contributed by atoms with van der Waals surface area (Å²) in [6.07, 6.45) is 0. The number of benzene rings is 3. The second kappa shape index (κ2) is 8.68. The second-order valence-corrected chi connectivity index (χ2v) is 10.1. The van der Waals surface area contributed by atoms with E-state index in [1.54, 1.807) is 30.3 Å². The molecule has 3 aromatic carbocycles. The molecule has 9 heteroatoms. The average molecular weight is 489 g/mol. The minimum Gasteiger partial charge on any atom is -0.348 e. The van der Waals surface area contributed by atoms with Crippen LogP contribution in [0.15, 0.2) is 83.8 Å². The summed E-state index contributed by atoms with van der Waals surface area (Å²) >= 11 is 0. The number of rotatable bonds is 6. The number of hydrogen-bond acceptors (Lipinski definition) is 4. The second-order valence-electron chi connectivity index (χ2n) is 8.46. The van der Waals surface area contributed by atoms with Crippen molar-refractivity contribution in [3.63, 3.8) is 0 Å². The van der Waals surface area contributed by atoms with Crippen molar-refractivity contribution in [3.8, 4) is 0 Å². The van der Waals surface area contributed by atoms with Crippen LogP contribution in [0.3, 0.4) is 0 Å². The summed E-state index contributed by atoms with van der Waals surface area (Å²) in [5.41, 5.74) is 6.54. The van der Waals surface area contributed by atoms with Gasteiger partial charge in [0.25, 0.3) is 21.8 Å². The number of nitrogens with one attached hydrogen (secondary N) is 2. The molecule has 0 aliphatic carbocycles. The van der Waals surface area contributed by atoms with E-state index >= 15 is 0 Å². The molecular formula is C26H24N4O4S. The lowest BCUT2D eigenvalue weighted by Gasteiger charge is -2.26. The first-order valence-corrected chi connectivity index (χ1v) is 12.6. The molecule has 1 aliphatic rings. The molecule has 0 bridgehead atoms. The number of hydrogen-bond donors (Lipinski definition) is 2. The molecule has 8 nitrogen and oxygen atoms in total. The highest BCUT2D eigenvalue weighted by Crippen LogP contribution is 2.43. The molecule has 2 heterocycles. The zero-order valence-electron chi connectivity index (χ0n) is 19.2. The van der Waals surface area contributed by atoms with Gasteiger partial charge in [-0.2, -0.15) is 0 Å². The van der Waals surface area contributed by atoms with Gasteiger partial charge >= 0.3 is 0 Å². The fourth-order valence-corrected chi connectivity index (χ4v) is 5.60. The summed E-state index contributed by atoms with van der Waals surface area (Å²) in [5.74, 6) is -0.924. The zero-order valence-corrected chi connectivity index (χ0v) is 20.0. The van der Waals surface area contributed by atoms with E-state index < -0.39 is 22.0 Å². The van der Waals surface area contributed by atoms with Gasteiger partial charge in [0.2, 0.25) is 0 Å². The van der Waals surface area contributed by atoms with Crippen molar-refractivity contribution in [1.82, 2.24) is 19.7 Å². The Balaban J connectivity index is 1.47. The van der Waals surface area contributed by atoms with Crippen molar-refractivity contribution < 1.29 is 18.0 Å². The monoisotopic (exact) mass is 488 g/mol. The van der Waals surface area contributed by atoms with Crippen molar-refractivity contribution in [3.05, 3.63) is 101 Å². The number of para-hydroxylation sites is 1. The summed E-state index contributed by atoms with van der Waals surface area (Å²) in [7, 11) is -1.97. The highest BCUT2D eigenvalue weighted by atomic mass is 32.2. The normalized spacial score (nSPS) is 15.4. The van der Waals surface area contributed by atoms with E-state index in [9.17, 15) is 18.0 Å². The molecule has 4 aromatic rings. The lowest BCUT2D eigenvalue weighted by Crippen LogP contribution is -2.47. The van der Waals surface area contributed by atoms with Crippen molar-refractivity contribution in [2.45, 2.75) is 17.9 Å². The van der Waals surface area contributed by atoms with Crippen LogP contribution in [0.4, 0.5) is 0 Å². The van der Waals surface area contributed by atoms with Gasteiger partial charge in [-0.3, -0.25) is 15.0 Å². The van der Waals surface area contributed by atoms with E-state index in [1.807, 2.05) is 50.4 Å². The number of aryl methyl sites for hydroxylation is 1. The number of nitrogens with zero attached hydrogens (tertiary/aromatic N) is 2. The maximum atomic E-state index is 13.4. The Morgan fingerprint density at radius 2 is 1.60 bits per heavy atom. The van der Waals surface area contributed by atoms with Gasteiger partial charge in [-0.15, -0.1) is 4.83 Å². The zero-order chi connectivity index (χ0) is 24.7. The standard InChI is InChI=1S/C26H24N4O4S/c1-17-24(21-14-8-9-15-22(21)29(17)2)25-19-12-6-7-13-20(19)26(32)30(25)16-23(31)27-28-35(33,34)18-10-4-3-5-11-18/h3-15,25,28H,16H2,1-2H3,(H,27,31)/t25-/m1/s1. The maximum absolute atomic E-state index is 13.4. The van der Waals surface area contributed by atoms with Crippen LogP contribution in [0.5, 0.6) is 0 Å². The molecule has 0 fully saturated rings. The minimum atomic E-state index is -3.94. The first-order valence-electron chi connectivity index (χ1n) is 11.1. The predicted molar refractivity (Wildman–Crippen MR) is 132 cm³/mol. The highest BCUT2D eigenvalue weighted by Gasteiger charge is 2.40. The fourth-order valence-electron chi connectivity index (χ4n) is 4.72. The molecule has 2 N–H and O–H groups in total. The Morgan fingerprint density at radius 3 is 2.37 bits per heavy atom. The molecule has 1 aliphatic heterocycles. The van der Waals surface area contributed by atoms with Crippen LogP contribution in [-0.2, 0) is 21.9 Å². The fraction of sp³-hybridized carbons (Fsp3) is 0.154. The molecular weight excluding hydrogens is 464 g/mol. The number of aromatic nitrogens is 1. The lowest BCUT2D eigenvalue weighted by molar-refractivity contribution is -0.122. The van der Waals surface area contributed by atoms with E-state index in [4.69, 9.17) is 0 Å². The molecule has 0 saturated carbocycles. The minimum absolute atomic E-state index is 0.0224. The molecule has 178 valence electrons.